The smallest absolute Gasteiger partial charge is 0.312 e. The summed E-state index contributed by atoms with van der Waals surface area (Å²) >= 11 is 0. The maximum Gasteiger partial charge on any atom is 0.312 e. The summed E-state index contributed by atoms with van der Waals surface area (Å²) in [5.74, 6) is -2.66. The van der Waals surface area contributed by atoms with Crippen LogP contribution in [-0.2, 0) is 93.3 Å². The van der Waals surface area contributed by atoms with E-state index in [1.165, 1.54) is 0 Å². The van der Waals surface area contributed by atoms with Crippen molar-refractivity contribution in [1.29, 1.82) is 0 Å². The number of carbonyl (C=O) groups is 6. The van der Waals surface area contributed by atoms with Gasteiger partial charge >= 0.3 is 11.9 Å². The second-order valence-corrected chi connectivity index (χ2v) is 18.6. The number of esters is 2. The van der Waals surface area contributed by atoms with Crippen LogP contribution in [0.25, 0.3) is 87.5 Å². The summed E-state index contributed by atoms with van der Waals surface area (Å²) in [6.45, 7) is 4.26. The minimum atomic E-state index is -0.463. The zero-order chi connectivity index (χ0) is 55.1. The number of aryl methyl sites for hydroxylation is 3. The Hall–Kier alpha value is -9.45. The predicted octanol–water partition coefficient (Wildman–Crippen LogP) is 6.55. The van der Waals surface area contributed by atoms with Gasteiger partial charge in [0.25, 0.3) is 0 Å². The molecule has 0 spiro atoms. The van der Waals surface area contributed by atoms with Crippen LogP contribution in [0.5, 0.6) is 0 Å². The second kappa shape index (κ2) is 23.5. The van der Waals surface area contributed by atoms with Crippen LogP contribution >= 0.6 is 0 Å². The third-order valence-electron chi connectivity index (χ3n) is 13.7. The summed E-state index contributed by atoms with van der Waals surface area (Å²) in [5.41, 5.74) is 8.60. The van der Waals surface area contributed by atoms with Gasteiger partial charge < -0.3 is 35.0 Å². The van der Waals surface area contributed by atoms with Gasteiger partial charge in [-0.15, -0.1) is 0 Å². The van der Waals surface area contributed by atoms with Crippen molar-refractivity contribution in [2.24, 2.45) is 21.1 Å². The van der Waals surface area contributed by atoms with Crippen molar-refractivity contribution in [2.45, 2.75) is 64.2 Å². The van der Waals surface area contributed by atoms with Crippen molar-refractivity contribution in [3.8, 4) is 0 Å². The maximum absolute atomic E-state index is 12.1. The standard InChI is InChI=1S/2C14H12N4O3.C13H13N3O3.C12H11N3O3.CH3.W/c2*1-18-9-3-4-10-12(8(9)6-15-18)13(17-21-10)7-2-5-11(19)16-14(7)20;1-3-18-12(17)6-9-13-8-7-14-16(2)10(8)4-5-11(13)19-15-9;1-2-17-11(16)5-9-12-7-6-13-14-8(7)3-4-10(12)18-15-9;;/h2*3-4,6-7H,2,5H2,1H3,(H,16,19,20);4-5,7H,3,6H2,1-2H3;3-4,6H,2,5H2,1H3,(H,13,14);1H3;/q;;;;-1;. The number of aromatic nitrogens is 12. The number of H-pyrrole nitrogens is 1. The number of piperidine rings is 2. The molecule has 27 heteroatoms. The zero-order valence-corrected chi connectivity index (χ0v) is 47.4. The normalized spacial score (nSPS) is 15.2. The number of fused-ring (bicyclic) bond motifs is 12. The Balaban J connectivity index is 0.000000130. The summed E-state index contributed by atoms with van der Waals surface area (Å²) in [7, 11) is 5.58. The Morgan fingerprint density at radius 3 is 1.35 bits per heavy atom. The predicted molar refractivity (Wildman–Crippen MR) is 286 cm³/mol. The van der Waals surface area contributed by atoms with Crippen molar-refractivity contribution in [2.75, 3.05) is 13.2 Å². The van der Waals surface area contributed by atoms with Crippen LogP contribution in [0.15, 0.2) is 91.4 Å². The van der Waals surface area contributed by atoms with E-state index in [9.17, 15) is 28.8 Å². The monoisotopic (exact) mass is 1270 g/mol. The fourth-order valence-corrected chi connectivity index (χ4v) is 9.96. The van der Waals surface area contributed by atoms with Crippen LogP contribution in [-0.4, -0.2) is 109 Å². The number of amides is 4. The van der Waals surface area contributed by atoms with E-state index in [0.717, 1.165) is 65.2 Å². The number of aromatic amines is 1. The summed E-state index contributed by atoms with van der Waals surface area (Å²) < 4.78 is 36.3. The Morgan fingerprint density at radius 1 is 0.543 bits per heavy atom. The average Bonchev–Trinajstić information content (AvgIpc) is 4.49. The fourth-order valence-electron chi connectivity index (χ4n) is 9.96. The van der Waals surface area contributed by atoms with Crippen molar-refractivity contribution >= 4 is 123 Å². The van der Waals surface area contributed by atoms with Crippen molar-refractivity contribution in [3.05, 3.63) is 104 Å². The molecule has 12 aromatic rings. The average molecular weight is 1270 g/mol. The van der Waals surface area contributed by atoms with E-state index >= 15 is 0 Å². The Bertz CT molecular complexity index is 4220. The molecule has 14 rings (SSSR count). The number of ether oxygens (including phenoxy) is 2. The Morgan fingerprint density at radius 2 is 0.926 bits per heavy atom. The third kappa shape index (κ3) is 10.8. The summed E-state index contributed by atoms with van der Waals surface area (Å²) in [6.07, 6.45) is 8.66. The molecule has 2 aliphatic rings. The van der Waals surface area contributed by atoms with E-state index in [0.29, 0.717) is 84.0 Å². The first-order valence-electron chi connectivity index (χ1n) is 25.1. The van der Waals surface area contributed by atoms with E-state index < -0.39 is 11.8 Å². The van der Waals surface area contributed by atoms with E-state index in [1.807, 2.05) is 63.6 Å². The van der Waals surface area contributed by atoms with Crippen LogP contribution in [0.2, 0.25) is 0 Å². The summed E-state index contributed by atoms with van der Waals surface area (Å²) in [5, 5.41) is 47.1. The van der Waals surface area contributed by atoms with E-state index in [-0.39, 0.29) is 76.9 Å². The van der Waals surface area contributed by atoms with Gasteiger partial charge in [-0.25, -0.2) is 0 Å². The molecule has 2 aliphatic heterocycles. The van der Waals surface area contributed by atoms with Gasteiger partial charge in [-0.1, -0.05) is 20.6 Å². The fraction of sp³-hybridized carbons (Fsp3) is 0.278. The molecule has 2 saturated heterocycles. The van der Waals surface area contributed by atoms with Gasteiger partial charge in [-0.3, -0.25) is 58.5 Å². The Labute approximate surface area is 471 Å². The van der Waals surface area contributed by atoms with E-state index in [2.05, 4.69) is 56.8 Å². The molecule has 0 radical (unpaired) electrons. The first-order chi connectivity index (χ1) is 38.3. The molecular formula is C54H51N14O12W-. The van der Waals surface area contributed by atoms with E-state index in [1.54, 1.807) is 58.7 Å². The van der Waals surface area contributed by atoms with Gasteiger partial charge in [0, 0.05) is 76.6 Å². The number of carbonyl (C=O) groups excluding carboxylic acids is 6. The van der Waals surface area contributed by atoms with Crippen molar-refractivity contribution in [3.63, 3.8) is 0 Å². The molecule has 416 valence electrons. The molecule has 81 heavy (non-hydrogen) atoms. The number of nitrogens with one attached hydrogen (secondary N) is 3. The van der Waals surface area contributed by atoms with E-state index in [4.69, 9.17) is 27.6 Å². The molecule has 0 saturated carbocycles. The molecule has 2 unspecified atom stereocenters. The quantitative estimate of drug-likeness (QED) is 0.0825. The van der Waals surface area contributed by atoms with Gasteiger partial charge in [0.05, 0.1) is 106 Å². The Kier molecular flexibility index (Phi) is 16.3. The number of imide groups is 2. The zero-order valence-electron chi connectivity index (χ0n) is 44.5. The number of hydrogen-bond acceptors (Lipinski definition) is 20. The largest absolute Gasteiger partial charge is 0.466 e. The van der Waals surface area contributed by atoms with Crippen molar-refractivity contribution in [1.82, 2.24) is 70.8 Å². The van der Waals surface area contributed by atoms with Crippen LogP contribution < -0.4 is 10.6 Å². The van der Waals surface area contributed by atoms with Crippen LogP contribution in [0.4, 0.5) is 0 Å². The van der Waals surface area contributed by atoms with Crippen LogP contribution in [0.3, 0.4) is 0 Å². The molecule has 0 aliphatic carbocycles. The first kappa shape index (κ1) is 56.3. The molecule has 0 bridgehead atoms. The number of benzene rings is 4. The van der Waals surface area contributed by atoms with Gasteiger partial charge in [0.2, 0.25) is 23.6 Å². The molecule has 8 aromatic heterocycles. The molecular weight excluding hydrogens is 1220 g/mol. The minimum absolute atomic E-state index is 0. The SMILES string of the molecule is CCOC(=O)Cc1noc2ccc3[nH]ncc3c12.CCOC(=O)Cc1noc2ccc3c(cnn3C)c12.Cn1ncc2c3c(C4CCC(=O)NC4=O)noc3ccc21.Cn1ncc2c3c(C4CCC(=O)NC4=O)noc3ccc21.[CH3-].[W]. The number of rotatable bonds is 8. The minimum Gasteiger partial charge on any atom is -0.466 e. The number of hydrogen-bond donors (Lipinski definition) is 3. The summed E-state index contributed by atoms with van der Waals surface area (Å²) in [4.78, 5) is 69.7. The van der Waals surface area contributed by atoms with Gasteiger partial charge in [-0.2, -0.15) is 20.4 Å². The molecule has 4 aromatic carbocycles. The first-order valence-corrected chi connectivity index (χ1v) is 25.1. The molecule has 2 atom stereocenters. The van der Waals surface area contributed by atoms with Gasteiger partial charge in [-0.05, 0) is 75.2 Å². The second-order valence-electron chi connectivity index (χ2n) is 18.6. The molecule has 3 N–H and O–H groups in total. The number of nitrogens with zero attached hydrogens (tertiary/aromatic N) is 11. The summed E-state index contributed by atoms with van der Waals surface area (Å²) in [6, 6.07) is 14.9. The van der Waals surface area contributed by atoms with Gasteiger partial charge in [0.1, 0.15) is 22.8 Å². The van der Waals surface area contributed by atoms with Gasteiger partial charge in [0.15, 0.2) is 22.3 Å². The molecule has 10 heterocycles. The maximum atomic E-state index is 12.1. The van der Waals surface area contributed by atoms with Crippen LogP contribution in [0.1, 0.15) is 74.1 Å². The van der Waals surface area contributed by atoms with Crippen molar-refractivity contribution < 1.29 is 77.4 Å². The molecule has 2 fully saturated rings. The van der Waals surface area contributed by atoms with Crippen LogP contribution in [0, 0.1) is 7.43 Å². The topological polar surface area (TPSA) is 331 Å². The third-order valence-corrected chi connectivity index (χ3v) is 13.7. The molecule has 4 amide bonds. The molecule has 26 nitrogen and oxygen atoms in total.